The first-order chi connectivity index (χ1) is 35.1. The zero-order valence-electron chi connectivity index (χ0n) is 42.6. The SMILES string of the molecule is CC(=O)N1CCC2=C(C1)C(N1CCCc3cc(-c4cnn(C)c4)c(C)cc31)=N[N+]2=C1CCC(CN2CCC(Oc3ccc(N4CCC5(CC4)C[C@H](C)N(c4ccc(C#N)c6ncccc46)C5)nn3)CC2)CC1. The van der Waals surface area contributed by atoms with E-state index in [1.165, 1.54) is 57.9 Å². The minimum absolute atomic E-state index is 0.131. The van der Waals surface area contributed by atoms with Crippen LogP contribution in [0.4, 0.5) is 17.2 Å². The second kappa shape index (κ2) is 19.1. The van der Waals surface area contributed by atoms with Gasteiger partial charge in [-0.3, -0.25) is 14.5 Å². The lowest BCUT2D eigenvalue weighted by atomic mass is 9.77. The highest BCUT2D eigenvalue weighted by atomic mass is 16.5. The van der Waals surface area contributed by atoms with Gasteiger partial charge in [0.25, 0.3) is 0 Å². The fourth-order valence-electron chi connectivity index (χ4n) is 13.4. The van der Waals surface area contributed by atoms with Gasteiger partial charge >= 0.3 is 0 Å². The van der Waals surface area contributed by atoms with Gasteiger partial charge < -0.3 is 29.2 Å². The van der Waals surface area contributed by atoms with E-state index < -0.39 is 0 Å². The number of ether oxygens (including phenoxy) is 1. The fraction of sp³-hybridized carbons (Fsp3) is 0.509. The molecule has 0 unspecified atom stereocenters. The first kappa shape index (κ1) is 46.4. The van der Waals surface area contributed by atoms with Crippen molar-refractivity contribution in [2.75, 3.05) is 73.6 Å². The minimum Gasteiger partial charge on any atom is -0.473 e. The number of hydrogen-bond acceptors (Lipinski definition) is 12. The van der Waals surface area contributed by atoms with Gasteiger partial charge in [0, 0.05) is 131 Å². The third kappa shape index (κ3) is 8.79. The van der Waals surface area contributed by atoms with Crippen LogP contribution in [0.3, 0.4) is 0 Å². The number of fused-ring (bicyclic) bond motifs is 2. The highest BCUT2D eigenvalue weighted by Gasteiger charge is 2.46. The second-order valence-corrected chi connectivity index (χ2v) is 22.0. The van der Waals surface area contributed by atoms with Crippen LogP contribution in [0.1, 0.15) is 101 Å². The predicted molar refractivity (Wildman–Crippen MR) is 281 cm³/mol. The lowest BCUT2D eigenvalue weighted by Gasteiger charge is -2.39. The molecule has 12 rings (SSSR count). The number of piperidine rings is 2. The van der Waals surface area contributed by atoms with Gasteiger partial charge in [0.05, 0.1) is 35.8 Å². The van der Waals surface area contributed by atoms with E-state index >= 15 is 0 Å². The first-order valence-corrected chi connectivity index (χ1v) is 26.7. The molecule has 3 aromatic heterocycles. The van der Waals surface area contributed by atoms with Crippen LogP contribution in [0.2, 0.25) is 0 Å². The molecule has 5 aromatic rings. The summed E-state index contributed by atoms with van der Waals surface area (Å²) in [7, 11) is 1.97. The number of aromatic nitrogens is 5. The van der Waals surface area contributed by atoms with Gasteiger partial charge in [0.1, 0.15) is 12.2 Å². The Morgan fingerprint density at radius 1 is 0.944 bits per heavy atom. The lowest BCUT2D eigenvalue weighted by Crippen LogP contribution is -2.42. The number of nitrogens with zero attached hydrogens (tertiary/aromatic N) is 13. The molecule has 15 nitrogen and oxygen atoms in total. The molecular weight excluding hydrogens is 899 g/mol. The normalized spacial score (nSPS) is 22.7. The smallest absolute Gasteiger partial charge is 0.233 e. The number of rotatable bonds is 7. The van der Waals surface area contributed by atoms with Gasteiger partial charge in [-0.15, -0.1) is 10.2 Å². The van der Waals surface area contributed by atoms with Crippen molar-refractivity contribution in [1.29, 1.82) is 5.26 Å². The van der Waals surface area contributed by atoms with Crippen molar-refractivity contribution in [3.63, 3.8) is 0 Å². The highest BCUT2D eigenvalue weighted by Crippen LogP contribution is 2.47. The molecule has 4 fully saturated rings. The fourth-order valence-corrected chi connectivity index (χ4v) is 13.4. The molecule has 0 radical (unpaired) electrons. The Morgan fingerprint density at radius 3 is 2.53 bits per heavy atom. The van der Waals surface area contributed by atoms with Crippen LogP contribution in [0.5, 0.6) is 5.88 Å². The molecule has 15 heteroatoms. The average Bonchev–Trinajstić information content (AvgIpc) is 4.11. The van der Waals surface area contributed by atoms with Crippen molar-refractivity contribution >= 4 is 45.6 Å². The number of carbonyl (C=O) groups is 1. The number of amides is 1. The summed E-state index contributed by atoms with van der Waals surface area (Å²) < 4.78 is 10.7. The van der Waals surface area contributed by atoms with E-state index in [-0.39, 0.29) is 17.4 Å². The summed E-state index contributed by atoms with van der Waals surface area (Å²) in [6.07, 6.45) is 18.7. The summed E-state index contributed by atoms with van der Waals surface area (Å²) >= 11 is 0. The molecule has 72 heavy (non-hydrogen) atoms. The molecule has 1 spiro atoms. The van der Waals surface area contributed by atoms with Gasteiger partial charge in [0.2, 0.25) is 23.3 Å². The maximum Gasteiger partial charge on any atom is 0.233 e. The van der Waals surface area contributed by atoms with Crippen molar-refractivity contribution in [1.82, 2.24) is 34.8 Å². The molecule has 0 bridgehead atoms. The van der Waals surface area contributed by atoms with Crippen LogP contribution in [0, 0.1) is 29.6 Å². The van der Waals surface area contributed by atoms with E-state index in [0.29, 0.717) is 29.9 Å². The van der Waals surface area contributed by atoms with Crippen LogP contribution in [0.25, 0.3) is 22.0 Å². The second-order valence-electron chi connectivity index (χ2n) is 22.0. The van der Waals surface area contributed by atoms with Crippen LogP contribution in [-0.4, -0.2) is 128 Å². The Labute approximate surface area is 423 Å². The van der Waals surface area contributed by atoms with E-state index in [4.69, 9.17) is 9.84 Å². The zero-order valence-corrected chi connectivity index (χ0v) is 42.6. The molecule has 0 N–H and O–H groups in total. The third-order valence-electron chi connectivity index (χ3n) is 17.3. The van der Waals surface area contributed by atoms with Crippen molar-refractivity contribution < 1.29 is 14.2 Å². The summed E-state index contributed by atoms with van der Waals surface area (Å²) in [6, 6.07) is 19.7. The molecule has 7 aliphatic rings. The van der Waals surface area contributed by atoms with Crippen LogP contribution in [0.15, 0.2) is 83.5 Å². The molecule has 3 saturated heterocycles. The Hall–Kier alpha value is -6.66. The molecule has 1 aliphatic carbocycles. The summed E-state index contributed by atoms with van der Waals surface area (Å²) in [5.41, 5.74) is 13.0. The molecule has 1 amide bonds. The average molecular weight is 967 g/mol. The van der Waals surface area contributed by atoms with Crippen molar-refractivity contribution in [2.24, 2.45) is 23.5 Å². The van der Waals surface area contributed by atoms with Crippen LogP contribution >= 0.6 is 0 Å². The van der Waals surface area contributed by atoms with Gasteiger partial charge in [-0.25, -0.2) is 0 Å². The van der Waals surface area contributed by atoms with E-state index in [9.17, 15) is 10.1 Å². The van der Waals surface area contributed by atoms with Gasteiger partial charge in [-0.05, 0) is 142 Å². The van der Waals surface area contributed by atoms with Crippen molar-refractivity contribution in [2.45, 2.75) is 110 Å². The Morgan fingerprint density at radius 2 is 1.78 bits per heavy atom. The molecule has 6 aliphatic heterocycles. The molecule has 1 saturated carbocycles. The molecule has 2 aromatic carbocycles. The quantitative estimate of drug-likeness (QED) is 0.146. The lowest BCUT2D eigenvalue weighted by molar-refractivity contribution is -0.484. The number of amidine groups is 1. The highest BCUT2D eigenvalue weighted by molar-refractivity contribution is 6.12. The number of hydrogen-bond donors (Lipinski definition) is 0. The largest absolute Gasteiger partial charge is 0.473 e. The Bertz CT molecular complexity index is 3030. The Kier molecular flexibility index (Phi) is 12.3. The number of nitriles is 1. The maximum absolute atomic E-state index is 12.7. The maximum atomic E-state index is 12.7. The number of pyridine rings is 1. The topological polar surface area (TPSA) is 138 Å². The summed E-state index contributed by atoms with van der Waals surface area (Å²) in [5.74, 6) is 3.38. The number of carbonyl (C=O) groups excluding carboxylic acids is 1. The molecule has 372 valence electrons. The number of aryl methyl sites for hydroxylation is 3. The molecular formula is C57H68N13O2+. The number of anilines is 3. The number of likely N-dealkylation sites (tertiary alicyclic amines) is 1. The molecule has 1 atom stereocenters. The standard InChI is InChI=1S/C57H68N13O2/c1-38-29-52-42(30-48(38)44-33-60-64(4)35-44)7-6-23-68(52)56-49-36-67(40(3)71)26-19-51(49)70(63-56)45-12-9-41(10-13-45)34-65-24-17-46(18-25-65)72-54-16-15-53(61-62-54)66-27-20-57(21-28-66)31-39(2)69(37-57)50-14-11-43(32-58)55-47(50)8-5-22-59-55/h5,8,11,14-16,22,29-30,33,35,39,41,46H,6-7,9-10,12-13,17-21,23-28,31,34,36-37H2,1-4H3/q+1/t39-,41?/m0/s1. The monoisotopic (exact) mass is 967 g/mol. The third-order valence-corrected chi connectivity index (χ3v) is 17.3. The van der Waals surface area contributed by atoms with Crippen LogP contribution in [-0.2, 0) is 18.3 Å². The predicted octanol–water partition coefficient (Wildman–Crippen LogP) is 8.26. The van der Waals surface area contributed by atoms with Gasteiger partial charge in [0.15, 0.2) is 11.5 Å². The zero-order chi connectivity index (χ0) is 49.1. The number of benzene rings is 2. The van der Waals surface area contributed by atoms with Crippen molar-refractivity contribution in [3.05, 3.63) is 95.1 Å². The number of hydrazone groups is 1. The van der Waals surface area contributed by atoms with E-state index in [1.54, 1.807) is 13.1 Å². The van der Waals surface area contributed by atoms with E-state index in [2.05, 4.69) is 101 Å². The summed E-state index contributed by atoms with van der Waals surface area (Å²) in [6.45, 7) is 14.7. The summed E-state index contributed by atoms with van der Waals surface area (Å²) in [4.78, 5) is 29.3. The van der Waals surface area contributed by atoms with Gasteiger partial charge in [-0.1, -0.05) is 4.68 Å². The first-order valence-electron chi connectivity index (χ1n) is 26.7. The summed E-state index contributed by atoms with van der Waals surface area (Å²) in [5, 5.41) is 30.0. The Balaban J connectivity index is 0.636. The van der Waals surface area contributed by atoms with Crippen LogP contribution < -0.4 is 19.4 Å². The van der Waals surface area contributed by atoms with E-state index in [0.717, 1.165) is 145 Å². The van der Waals surface area contributed by atoms with E-state index in [1.807, 2.05) is 41.0 Å². The molecule has 9 heterocycles. The van der Waals surface area contributed by atoms with Gasteiger partial charge in [-0.2, -0.15) is 10.4 Å². The van der Waals surface area contributed by atoms with Crippen molar-refractivity contribution in [3.8, 4) is 23.1 Å². The minimum atomic E-state index is 0.131.